The Morgan fingerprint density at radius 3 is 2.35 bits per heavy atom. The largest absolute Gasteiger partial charge is 0.398 e. The summed E-state index contributed by atoms with van der Waals surface area (Å²) in [5.41, 5.74) is 7.39. The number of rotatable bonds is 3. The van der Waals surface area contributed by atoms with E-state index < -0.39 is 10.8 Å². The summed E-state index contributed by atoms with van der Waals surface area (Å²) in [4.78, 5) is 0.762. The van der Waals surface area contributed by atoms with Crippen LogP contribution in [0, 0.1) is 0 Å². The van der Waals surface area contributed by atoms with Gasteiger partial charge in [-0.15, -0.1) is 0 Å². The van der Waals surface area contributed by atoms with Crippen LogP contribution in [0.3, 0.4) is 0 Å². The van der Waals surface area contributed by atoms with Crippen molar-refractivity contribution in [3.05, 3.63) is 59.1 Å². The van der Waals surface area contributed by atoms with E-state index in [0.717, 1.165) is 10.5 Å². The Hall–Kier alpha value is -1.32. The van der Waals surface area contributed by atoms with Crippen LogP contribution in [0.25, 0.3) is 0 Å². The molecule has 0 spiro atoms. The van der Waals surface area contributed by atoms with Crippen molar-refractivity contribution in [1.82, 2.24) is 0 Å². The molecule has 1 unspecified atom stereocenters. The zero-order valence-corrected chi connectivity index (χ0v) is 10.7. The molecule has 17 heavy (non-hydrogen) atoms. The molecule has 2 N–H and O–H groups in total. The fourth-order valence-electron chi connectivity index (χ4n) is 1.48. The number of nitrogens with two attached hydrogens (primary N) is 1. The van der Waals surface area contributed by atoms with Gasteiger partial charge < -0.3 is 5.73 Å². The molecule has 0 saturated heterocycles. The van der Waals surface area contributed by atoms with E-state index in [9.17, 15) is 4.21 Å². The van der Waals surface area contributed by atoms with Crippen molar-refractivity contribution in [2.75, 3.05) is 5.73 Å². The molecule has 0 aliphatic heterocycles. The third kappa shape index (κ3) is 3.08. The molecule has 2 aromatic carbocycles. The highest BCUT2D eigenvalue weighted by Crippen LogP contribution is 2.18. The topological polar surface area (TPSA) is 43.1 Å². The maximum absolute atomic E-state index is 12.1. The van der Waals surface area contributed by atoms with Crippen molar-refractivity contribution in [3.8, 4) is 0 Å². The molecule has 4 heteroatoms. The summed E-state index contributed by atoms with van der Waals surface area (Å²) in [5.74, 6) is 0.425. The van der Waals surface area contributed by atoms with Gasteiger partial charge in [0.15, 0.2) is 0 Å². The molecule has 88 valence electrons. The van der Waals surface area contributed by atoms with E-state index in [-0.39, 0.29) is 0 Å². The third-order valence-electron chi connectivity index (χ3n) is 2.42. The highest BCUT2D eigenvalue weighted by atomic mass is 35.5. The van der Waals surface area contributed by atoms with E-state index in [1.54, 1.807) is 24.3 Å². The molecule has 0 radical (unpaired) electrons. The number of hydrogen-bond acceptors (Lipinski definition) is 2. The minimum atomic E-state index is -1.09. The van der Waals surface area contributed by atoms with E-state index in [4.69, 9.17) is 17.3 Å². The van der Waals surface area contributed by atoms with Crippen molar-refractivity contribution in [3.63, 3.8) is 0 Å². The lowest BCUT2D eigenvalue weighted by Crippen LogP contribution is -2.00. The van der Waals surface area contributed by atoms with Crippen LogP contribution in [0.15, 0.2) is 53.4 Å². The first kappa shape index (κ1) is 12.1. The van der Waals surface area contributed by atoms with Crippen molar-refractivity contribution >= 4 is 28.1 Å². The zero-order valence-electron chi connectivity index (χ0n) is 9.10. The first-order valence-electron chi connectivity index (χ1n) is 5.14. The lowest BCUT2D eigenvalue weighted by molar-refractivity contribution is 0.682. The number of anilines is 1. The number of halogens is 1. The molecule has 2 nitrogen and oxygen atoms in total. The Morgan fingerprint density at radius 1 is 1.06 bits per heavy atom. The molecule has 0 saturated carbocycles. The average molecular weight is 266 g/mol. The maximum Gasteiger partial charge on any atom is 0.0574 e. The summed E-state index contributed by atoms with van der Waals surface area (Å²) in [6.45, 7) is 0. The predicted molar refractivity (Wildman–Crippen MR) is 72.4 cm³/mol. The standard InChI is InChI=1S/C13H12ClNOS/c14-11-5-7-12(8-6-11)17(16)9-10-3-1-2-4-13(10)15/h1-8H,9,15H2. The number of nitrogen functional groups attached to an aromatic ring is 1. The summed E-state index contributed by atoms with van der Waals surface area (Å²) in [6.07, 6.45) is 0. The van der Waals surface area contributed by atoms with Gasteiger partial charge in [-0.05, 0) is 35.9 Å². The lowest BCUT2D eigenvalue weighted by atomic mass is 10.2. The second-order valence-corrected chi connectivity index (χ2v) is 5.53. The van der Waals surface area contributed by atoms with Crippen molar-refractivity contribution in [1.29, 1.82) is 0 Å². The number of para-hydroxylation sites is 1. The third-order valence-corrected chi connectivity index (χ3v) is 4.04. The molecule has 0 fully saturated rings. The van der Waals surface area contributed by atoms with Crippen LogP contribution in [0.2, 0.25) is 5.02 Å². The molecular formula is C13H12ClNOS. The first-order chi connectivity index (χ1) is 8.16. The fourth-order valence-corrected chi connectivity index (χ4v) is 2.75. The molecule has 0 bridgehead atoms. The quantitative estimate of drug-likeness (QED) is 0.866. The minimum Gasteiger partial charge on any atom is -0.398 e. The van der Waals surface area contributed by atoms with Gasteiger partial charge >= 0.3 is 0 Å². The van der Waals surface area contributed by atoms with E-state index in [2.05, 4.69) is 0 Å². The summed E-state index contributed by atoms with van der Waals surface area (Å²) in [6, 6.07) is 14.5. The number of hydrogen-bond donors (Lipinski definition) is 1. The van der Waals surface area contributed by atoms with Gasteiger partial charge in [0.2, 0.25) is 0 Å². The smallest absolute Gasteiger partial charge is 0.0574 e. The van der Waals surface area contributed by atoms with Gasteiger partial charge in [0.1, 0.15) is 0 Å². The molecule has 2 aromatic rings. The predicted octanol–water partition coefficient (Wildman–Crippen LogP) is 3.23. The molecule has 0 amide bonds. The van der Waals surface area contributed by atoms with Gasteiger partial charge in [-0.3, -0.25) is 4.21 Å². The Balaban J connectivity index is 2.17. The Bertz CT molecular complexity index is 539. The van der Waals surface area contributed by atoms with Crippen LogP contribution < -0.4 is 5.73 Å². The van der Waals surface area contributed by atoms with Crippen LogP contribution in [0.1, 0.15) is 5.56 Å². The van der Waals surface area contributed by atoms with Crippen molar-refractivity contribution < 1.29 is 4.21 Å². The van der Waals surface area contributed by atoms with Crippen LogP contribution in [0.4, 0.5) is 5.69 Å². The van der Waals surface area contributed by atoms with Crippen molar-refractivity contribution in [2.24, 2.45) is 0 Å². The second-order valence-electron chi connectivity index (χ2n) is 3.64. The van der Waals surface area contributed by atoms with Gasteiger partial charge in [-0.1, -0.05) is 29.8 Å². The monoisotopic (exact) mass is 265 g/mol. The van der Waals surface area contributed by atoms with E-state index in [1.165, 1.54) is 0 Å². The summed E-state index contributed by atoms with van der Waals surface area (Å²) in [5, 5.41) is 0.643. The van der Waals surface area contributed by atoms with E-state index in [0.29, 0.717) is 16.5 Å². The number of benzene rings is 2. The van der Waals surface area contributed by atoms with E-state index >= 15 is 0 Å². The zero-order chi connectivity index (χ0) is 12.3. The highest BCUT2D eigenvalue weighted by molar-refractivity contribution is 7.84. The molecule has 0 aliphatic rings. The Labute approximate surface area is 108 Å². The van der Waals surface area contributed by atoms with Gasteiger partial charge in [0.05, 0.1) is 16.6 Å². The molecule has 0 aromatic heterocycles. The molecule has 1 atom stereocenters. The first-order valence-corrected chi connectivity index (χ1v) is 6.84. The van der Waals surface area contributed by atoms with Crippen LogP contribution in [0.5, 0.6) is 0 Å². The average Bonchev–Trinajstić information content (AvgIpc) is 2.33. The molecular weight excluding hydrogens is 254 g/mol. The molecule has 2 rings (SSSR count). The summed E-state index contributed by atoms with van der Waals surface area (Å²) < 4.78 is 12.1. The Kier molecular flexibility index (Phi) is 3.82. The lowest BCUT2D eigenvalue weighted by Gasteiger charge is -2.05. The van der Waals surface area contributed by atoms with Gasteiger partial charge in [0.25, 0.3) is 0 Å². The second kappa shape index (κ2) is 5.34. The minimum absolute atomic E-state index is 0.425. The van der Waals surface area contributed by atoms with Gasteiger partial charge in [-0.25, -0.2) is 0 Å². The van der Waals surface area contributed by atoms with Crippen molar-refractivity contribution in [2.45, 2.75) is 10.6 Å². The molecule has 0 aliphatic carbocycles. The fraction of sp³-hybridized carbons (Fsp3) is 0.0769. The summed E-state index contributed by atoms with van der Waals surface area (Å²) in [7, 11) is -1.09. The van der Waals surface area contributed by atoms with Gasteiger partial charge in [-0.2, -0.15) is 0 Å². The maximum atomic E-state index is 12.1. The summed E-state index contributed by atoms with van der Waals surface area (Å²) >= 11 is 5.78. The van der Waals surface area contributed by atoms with Crippen LogP contribution >= 0.6 is 11.6 Å². The van der Waals surface area contributed by atoms with Crippen LogP contribution in [-0.2, 0) is 16.6 Å². The normalized spacial score (nSPS) is 12.3. The highest BCUT2D eigenvalue weighted by Gasteiger charge is 2.07. The van der Waals surface area contributed by atoms with Gasteiger partial charge in [0, 0.05) is 15.6 Å². The SMILES string of the molecule is Nc1ccccc1CS(=O)c1ccc(Cl)cc1. The van der Waals surface area contributed by atoms with Crippen LogP contribution in [-0.4, -0.2) is 4.21 Å². The Morgan fingerprint density at radius 2 is 1.71 bits per heavy atom. The van der Waals surface area contributed by atoms with E-state index in [1.807, 2.05) is 24.3 Å². The molecule has 0 heterocycles.